The first-order chi connectivity index (χ1) is 10.8. The number of carbonyl (C=O) groups excluding carboxylic acids is 1. The fourth-order valence-corrected chi connectivity index (χ4v) is 4.48. The predicted octanol–water partition coefficient (Wildman–Crippen LogP) is 1.81. The molecule has 1 heterocycles. The van der Waals surface area contributed by atoms with Crippen molar-refractivity contribution in [3.05, 3.63) is 35.4 Å². The monoisotopic (exact) mass is 339 g/mol. The average Bonchev–Trinajstić information content (AvgIpc) is 2.87. The molecule has 23 heavy (non-hydrogen) atoms. The van der Waals surface area contributed by atoms with Crippen molar-refractivity contribution >= 4 is 21.7 Å². The Hall–Kier alpha value is -1.89. The van der Waals surface area contributed by atoms with Gasteiger partial charge in [-0.15, -0.1) is 0 Å². The Balaban J connectivity index is 2.26. The van der Waals surface area contributed by atoms with E-state index in [0.717, 1.165) is 12.8 Å². The molecule has 0 radical (unpaired) electrons. The third-order valence-corrected chi connectivity index (χ3v) is 5.77. The lowest BCUT2D eigenvalue weighted by molar-refractivity contribution is 0.0694. The van der Waals surface area contributed by atoms with Crippen LogP contribution in [0.5, 0.6) is 0 Å². The van der Waals surface area contributed by atoms with E-state index < -0.39 is 15.8 Å². The molecule has 6 nitrogen and oxygen atoms in total. The van der Waals surface area contributed by atoms with Gasteiger partial charge in [0, 0.05) is 18.2 Å². The van der Waals surface area contributed by atoms with E-state index in [2.05, 4.69) is 0 Å². The highest BCUT2D eigenvalue weighted by atomic mass is 32.2. The summed E-state index contributed by atoms with van der Waals surface area (Å²) in [4.78, 5) is 25.4. The van der Waals surface area contributed by atoms with Gasteiger partial charge in [0.2, 0.25) is 0 Å². The number of nitrogens with zero attached hydrogens (tertiary/aromatic N) is 1. The van der Waals surface area contributed by atoms with Crippen LogP contribution in [0, 0.1) is 0 Å². The van der Waals surface area contributed by atoms with Crippen LogP contribution in [-0.2, 0) is 9.84 Å². The molecule has 1 N–H and O–H groups in total. The normalized spacial score (nSPS) is 19.4. The molecule has 1 aliphatic rings. The average molecular weight is 339 g/mol. The first kappa shape index (κ1) is 17.5. The molecule has 0 bridgehead atoms. The van der Waals surface area contributed by atoms with E-state index in [9.17, 15) is 18.0 Å². The van der Waals surface area contributed by atoms with E-state index in [-0.39, 0.29) is 34.6 Å². The standard InChI is InChI=1S/C16H21NO5S/c1-2-3-8-17(14-7-9-23(21,22)11-14)15(18)12-5-4-6-13(10-12)16(19)20/h4-6,10,14H,2-3,7-9,11H2,1H3,(H,19,20). The summed E-state index contributed by atoms with van der Waals surface area (Å²) in [5.74, 6) is -1.31. The summed E-state index contributed by atoms with van der Waals surface area (Å²) in [6.45, 7) is 2.48. The lowest BCUT2D eigenvalue weighted by Gasteiger charge is -2.28. The summed E-state index contributed by atoms with van der Waals surface area (Å²) in [7, 11) is -3.09. The molecule has 1 unspecified atom stereocenters. The topological polar surface area (TPSA) is 91.8 Å². The van der Waals surface area contributed by atoms with Gasteiger partial charge in [0.1, 0.15) is 0 Å². The van der Waals surface area contributed by atoms with E-state index in [1.807, 2.05) is 6.92 Å². The van der Waals surface area contributed by atoms with Crippen LogP contribution in [0.4, 0.5) is 0 Å². The van der Waals surface area contributed by atoms with Gasteiger partial charge in [-0.2, -0.15) is 0 Å². The molecular weight excluding hydrogens is 318 g/mol. The van der Waals surface area contributed by atoms with E-state index in [1.54, 1.807) is 11.0 Å². The third kappa shape index (κ3) is 4.31. The third-order valence-electron chi connectivity index (χ3n) is 4.02. The minimum absolute atomic E-state index is 0.0128. The minimum Gasteiger partial charge on any atom is -0.478 e. The Morgan fingerprint density at radius 3 is 2.57 bits per heavy atom. The minimum atomic E-state index is -3.09. The zero-order valence-electron chi connectivity index (χ0n) is 13.1. The molecule has 0 aliphatic carbocycles. The number of carboxylic acids is 1. The first-order valence-corrected chi connectivity index (χ1v) is 9.51. The summed E-state index contributed by atoms with van der Waals surface area (Å²) >= 11 is 0. The molecule has 0 saturated carbocycles. The second kappa shape index (κ2) is 7.12. The molecule has 7 heteroatoms. The number of hydrogen-bond donors (Lipinski definition) is 1. The summed E-state index contributed by atoms with van der Waals surface area (Å²) in [6.07, 6.45) is 2.11. The molecule has 0 aromatic heterocycles. The fourth-order valence-electron chi connectivity index (χ4n) is 2.75. The number of rotatable bonds is 6. The first-order valence-electron chi connectivity index (χ1n) is 7.69. The van der Waals surface area contributed by atoms with Crippen LogP contribution in [0.3, 0.4) is 0 Å². The SMILES string of the molecule is CCCCN(C(=O)c1cccc(C(=O)O)c1)C1CCS(=O)(=O)C1. The van der Waals surface area contributed by atoms with Gasteiger partial charge in [-0.3, -0.25) is 4.79 Å². The van der Waals surface area contributed by atoms with E-state index in [4.69, 9.17) is 5.11 Å². The Kier molecular flexibility index (Phi) is 5.41. The van der Waals surface area contributed by atoms with Gasteiger partial charge < -0.3 is 10.0 Å². The molecule has 126 valence electrons. The van der Waals surface area contributed by atoms with Gasteiger partial charge >= 0.3 is 5.97 Å². The van der Waals surface area contributed by atoms with Crippen molar-refractivity contribution in [2.75, 3.05) is 18.1 Å². The van der Waals surface area contributed by atoms with E-state index in [1.165, 1.54) is 18.2 Å². The van der Waals surface area contributed by atoms with Gasteiger partial charge in [-0.05, 0) is 31.0 Å². The smallest absolute Gasteiger partial charge is 0.335 e. The Morgan fingerprint density at radius 2 is 2.00 bits per heavy atom. The van der Waals surface area contributed by atoms with Crippen molar-refractivity contribution in [2.24, 2.45) is 0 Å². The lowest BCUT2D eigenvalue weighted by Crippen LogP contribution is -2.41. The van der Waals surface area contributed by atoms with Crippen molar-refractivity contribution in [3.63, 3.8) is 0 Å². The molecule has 1 aromatic carbocycles. The number of sulfone groups is 1. The van der Waals surface area contributed by atoms with Crippen LogP contribution in [-0.4, -0.2) is 54.4 Å². The number of carbonyl (C=O) groups is 2. The lowest BCUT2D eigenvalue weighted by atomic mass is 10.1. The molecule has 1 saturated heterocycles. The summed E-state index contributed by atoms with van der Waals surface area (Å²) < 4.78 is 23.4. The maximum atomic E-state index is 12.8. The number of unbranched alkanes of at least 4 members (excludes halogenated alkanes) is 1. The Bertz CT molecular complexity index is 698. The molecule has 0 spiro atoms. The van der Waals surface area contributed by atoms with Crippen molar-refractivity contribution in [2.45, 2.75) is 32.2 Å². The number of aromatic carboxylic acids is 1. The second-order valence-electron chi connectivity index (χ2n) is 5.79. The molecular formula is C16H21NO5S. The van der Waals surface area contributed by atoms with Crippen LogP contribution in [0.15, 0.2) is 24.3 Å². The molecule has 2 rings (SSSR count). The van der Waals surface area contributed by atoms with Gasteiger partial charge in [0.05, 0.1) is 17.1 Å². The van der Waals surface area contributed by atoms with Crippen molar-refractivity contribution in [1.82, 2.24) is 4.90 Å². The van der Waals surface area contributed by atoms with Gasteiger partial charge in [0.15, 0.2) is 9.84 Å². The fraction of sp³-hybridized carbons (Fsp3) is 0.500. The predicted molar refractivity (Wildman–Crippen MR) is 86.4 cm³/mol. The quantitative estimate of drug-likeness (QED) is 0.853. The van der Waals surface area contributed by atoms with Gasteiger partial charge in [-0.25, -0.2) is 13.2 Å². The van der Waals surface area contributed by atoms with Gasteiger partial charge in [-0.1, -0.05) is 19.4 Å². The second-order valence-corrected chi connectivity index (χ2v) is 8.02. The maximum Gasteiger partial charge on any atom is 0.335 e. The molecule has 1 amide bonds. The molecule has 1 atom stereocenters. The Labute approximate surface area is 136 Å². The van der Waals surface area contributed by atoms with Crippen LogP contribution < -0.4 is 0 Å². The summed E-state index contributed by atoms with van der Waals surface area (Å²) in [5, 5.41) is 9.05. The summed E-state index contributed by atoms with van der Waals surface area (Å²) in [5.41, 5.74) is 0.329. The van der Waals surface area contributed by atoms with Gasteiger partial charge in [0.25, 0.3) is 5.91 Å². The van der Waals surface area contributed by atoms with E-state index >= 15 is 0 Å². The van der Waals surface area contributed by atoms with Crippen LogP contribution in [0.25, 0.3) is 0 Å². The van der Waals surface area contributed by atoms with Crippen LogP contribution in [0.2, 0.25) is 0 Å². The van der Waals surface area contributed by atoms with E-state index in [0.29, 0.717) is 13.0 Å². The zero-order valence-corrected chi connectivity index (χ0v) is 13.9. The number of amides is 1. The molecule has 1 aromatic rings. The molecule has 1 fully saturated rings. The number of carboxylic acid groups (broad SMARTS) is 1. The molecule has 1 aliphatic heterocycles. The largest absolute Gasteiger partial charge is 0.478 e. The summed E-state index contributed by atoms with van der Waals surface area (Å²) in [6, 6.07) is 5.53. The van der Waals surface area contributed by atoms with Crippen molar-refractivity contribution in [1.29, 1.82) is 0 Å². The maximum absolute atomic E-state index is 12.8. The zero-order chi connectivity index (χ0) is 17.0. The van der Waals surface area contributed by atoms with Crippen LogP contribution in [0.1, 0.15) is 46.9 Å². The highest BCUT2D eigenvalue weighted by Gasteiger charge is 2.34. The van der Waals surface area contributed by atoms with Crippen LogP contribution >= 0.6 is 0 Å². The van der Waals surface area contributed by atoms with Crippen molar-refractivity contribution in [3.8, 4) is 0 Å². The highest BCUT2D eigenvalue weighted by molar-refractivity contribution is 7.91. The Morgan fingerprint density at radius 1 is 1.30 bits per heavy atom. The number of hydrogen-bond acceptors (Lipinski definition) is 4. The number of benzene rings is 1. The highest BCUT2D eigenvalue weighted by Crippen LogP contribution is 2.21. The van der Waals surface area contributed by atoms with Crippen molar-refractivity contribution < 1.29 is 23.1 Å².